The lowest BCUT2D eigenvalue weighted by atomic mass is 9.36. The highest BCUT2D eigenvalue weighted by atomic mass is 16.5. The molecule has 292 valence electrons. The Labute approximate surface area is 314 Å². The number of rotatable bonds is 8. The van der Waals surface area contributed by atoms with Crippen molar-refractivity contribution >= 4 is 17.7 Å². The summed E-state index contributed by atoms with van der Waals surface area (Å²) in [6.07, 6.45) is 14.7. The molecule has 11 unspecified atom stereocenters. The van der Waals surface area contributed by atoms with Crippen LogP contribution in [0.15, 0.2) is 11.1 Å². The number of fused-ring (bicyclic) bond motifs is 8. The Kier molecular flexibility index (Phi) is 9.99. The first-order valence-corrected chi connectivity index (χ1v) is 21.5. The molecule has 1 aliphatic heterocycles. The van der Waals surface area contributed by atoms with Gasteiger partial charge in [-0.1, -0.05) is 66.4 Å². The van der Waals surface area contributed by atoms with Crippen molar-refractivity contribution < 1.29 is 29.3 Å². The summed E-state index contributed by atoms with van der Waals surface area (Å²) in [6.45, 7) is 20.2. The van der Waals surface area contributed by atoms with Gasteiger partial charge in [-0.05, 0) is 142 Å². The zero-order valence-corrected chi connectivity index (χ0v) is 33.9. The Balaban J connectivity index is 1.12. The molecule has 1 saturated heterocycles. The van der Waals surface area contributed by atoms with Gasteiger partial charge in [0.25, 0.3) is 0 Å². The molecule has 11 atom stereocenters. The van der Waals surface area contributed by atoms with Gasteiger partial charge in [0.15, 0.2) is 5.78 Å². The van der Waals surface area contributed by atoms with Gasteiger partial charge in [0.05, 0.1) is 17.9 Å². The fourth-order valence-electron chi connectivity index (χ4n) is 14.9. The number of ketones is 1. The summed E-state index contributed by atoms with van der Waals surface area (Å²) in [6, 6.07) is 0. The first-order valence-electron chi connectivity index (χ1n) is 21.5. The predicted octanol–water partition coefficient (Wildman–Crippen LogP) is 8.86. The number of nitrogens with zero attached hydrogens (tertiary/aromatic N) is 1. The van der Waals surface area contributed by atoms with Gasteiger partial charge in [0, 0.05) is 30.3 Å². The number of esters is 1. The highest BCUT2D eigenvalue weighted by Gasteiger charge is 2.67. The van der Waals surface area contributed by atoms with Gasteiger partial charge in [0.2, 0.25) is 0 Å². The van der Waals surface area contributed by atoms with Crippen LogP contribution in [-0.2, 0) is 19.1 Å². The van der Waals surface area contributed by atoms with Crippen LogP contribution in [0, 0.1) is 68.5 Å². The molecule has 7 aliphatic rings. The van der Waals surface area contributed by atoms with E-state index in [9.17, 15) is 24.6 Å². The minimum atomic E-state index is -1.15. The van der Waals surface area contributed by atoms with Crippen molar-refractivity contribution in [1.29, 1.82) is 0 Å². The van der Waals surface area contributed by atoms with E-state index >= 15 is 0 Å². The van der Waals surface area contributed by atoms with Crippen LogP contribution in [0.3, 0.4) is 0 Å². The lowest BCUT2D eigenvalue weighted by Gasteiger charge is -2.69. The summed E-state index contributed by atoms with van der Waals surface area (Å²) in [5.74, 6) is 2.57. The molecule has 7 rings (SSSR count). The molecule has 52 heavy (non-hydrogen) atoms. The maximum Gasteiger partial charge on any atom is 0.309 e. The van der Waals surface area contributed by atoms with E-state index in [2.05, 4.69) is 46.4 Å². The maximum atomic E-state index is 14.1. The summed E-state index contributed by atoms with van der Waals surface area (Å²) in [5, 5.41) is 22.0. The van der Waals surface area contributed by atoms with E-state index in [1.807, 2.05) is 0 Å². The van der Waals surface area contributed by atoms with Crippen LogP contribution >= 0.6 is 0 Å². The molecule has 2 N–H and O–H groups in total. The molecule has 0 radical (unpaired) electrons. The number of aliphatic carboxylic acids is 1. The third kappa shape index (κ3) is 6.07. The van der Waals surface area contributed by atoms with Crippen molar-refractivity contribution in [2.24, 2.45) is 68.5 Å². The van der Waals surface area contributed by atoms with Gasteiger partial charge >= 0.3 is 11.9 Å². The second kappa shape index (κ2) is 13.5. The summed E-state index contributed by atoms with van der Waals surface area (Å²) >= 11 is 0. The molecule has 6 aliphatic carbocycles. The topological polar surface area (TPSA) is 104 Å². The molecule has 0 aromatic heterocycles. The number of carbonyl (C=O) groups excluding carboxylic acids is 2. The number of hydrogen-bond donors (Lipinski definition) is 2. The Morgan fingerprint density at radius 2 is 1.58 bits per heavy atom. The van der Waals surface area contributed by atoms with Crippen LogP contribution in [0.25, 0.3) is 0 Å². The third-order valence-electron chi connectivity index (χ3n) is 17.5. The van der Waals surface area contributed by atoms with Crippen LogP contribution < -0.4 is 0 Å². The number of hydrogen-bond acceptors (Lipinski definition) is 6. The number of aliphatic hydroxyl groups excluding tert-OH is 1. The summed E-state index contributed by atoms with van der Waals surface area (Å²) in [4.78, 5) is 41.5. The molecule has 0 amide bonds. The van der Waals surface area contributed by atoms with E-state index in [-0.39, 0.29) is 34.7 Å². The molecule has 0 aromatic carbocycles. The maximum absolute atomic E-state index is 14.1. The van der Waals surface area contributed by atoms with Crippen molar-refractivity contribution in [2.45, 2.75) is 164 Å². The molecule has 7 nitrogen and oxygen atoms in total. The van der Waals surface area contributed by atoms with Crippen molar-refractivity contribution in [1.82, 2.24) is 4.90 Å². The van der Waals surface area contributed by atoms with E-state index in [1.54, 1.807) is 13.8 Å². The Bertz CT molecular complexity index is 1460. The highest BCUT2D eigenvalue weighted by Crippen LogP contribution is 2.73. The lowest BCUT2D eigenvalue weighted by molar-refractivity contribution is -0.214. The molecule has 0 bridgehead atoms. The average Bonchev–Trinajstić information content (AvgIpc) is 3.39. The summed E-state index contributed by atoms with van der Waals surface area (Å²) in [7, 11) is 0. The minimum Gasteiger partial charge on any atom is -0.481 e. The van der Waals surface area contributed by atoms with E-state index in [1.165, 1.54) is 37.7 Å². The molecule has 6 fully saturated rings. The van der Waals surface area contributed by atoms with Crippen LogP contribution in [-0.4, -0.2) is 64.7 Å². The van der Waals surface area contributed by atoms with Crippen LogP contribution in [0.2, 0.25) is 0 Å². The fourth-order valence-corrected chi connectivity index (χ4v) is 14.9. The number of likely N-dealkylation sites (tertiary alicyclic amines) is 1. The number of piperidine rings is 1. The van der Waals surface area contributed by atoms with Crippen molar-refractivity contribution in [2.75, 3.05) is 19.6 Å². The number of allylic oxidation sites excluding steroid dienone is 1. The highest BCUT2D eigenvalue weighted by molar-refractivity contribution is 6.00. The quantitative estimate of drug-likeness (QED) is 0.242. The number of carboxylic acids is 1. The molecule has 1 heterocycles. The van der Waals surface area contributed by atoms with Gasteiger partial charge < -0.3 is 19.8 Å². The number of aliphatic hydroxyl groups is 1. The third-order valence-corrected chi connectivity index (χ3v) is 17.5. The molecule has 0 aromatic rings. The van der Waals surface area contributed by atoms with Gasteiger partial charge in [-0.25, -0.2) is 0 Å². The summed E-state index contributed by atoms with van der Waals surface area (Å²) in [5.41, 5.74) is 0.948. The monoisotopic (exact) mass is 722 g/mol. The zero-order chi connectivity index (χ0) is 37.6. The number of Topliss-reactive ketones (excluding diaryl/α,β-unsaturated/α-hetero) is 1. The summed E-state index contributed by atoms with van der Waals surface area (Å²) < 4.78 is 6.17. The molecular formula is C45H71NO6. The Morgan fingerprint density at radius 1 is 0.885 bits per heavy atom. The molecule has 5 saturated carbocycles. The normalized spacial score (nSPS) is 42.4. The minimum absolute atomic E-state index is 0.116. The molecule has 7 heteroatoms. The van der Waals surface area contributed by atoms with E-state index in [4.69, 9.17) is 4.74 Å². The standard InChI is InChI=1S/C45H71NO6/c1-27(2)38-32(47)23-45(35(48)26-46-22-18-28-11-9-10-12-29(28)25-46)21-15-31-30(39(38)45)13-14-34-43(31,7)19-16-33-42(5,6)36(17-20-44(33,34)8)52-37(49)24-41(3,4)40(50)51/h27-31,33-36,48H,9-26H2,1-8H3,(H,50,51). The number of carbonyl (C=O) groups is 3. The van der Waals surface area contributed by atoms with E-state index < -0.39 is 28.9 Å². The predicted molar refractivity (Wildman–Crippen MR) is 203 cm³/mol. The first-order chi connectivity index (χ1) is 24.3. The first kappa shape index (κ1) is 38.5. The molecule has 0 spiro atoms. The number of carboxylic acid groups (broad SMARTS) is 1. The van der Waals surface area contributed by atoms with Crippen molar-refractivity contribution in [3.8, 4) is 0 Å². The Morgan fingerprint density at radius 3 is 2.27 bits per heavy atom. The van der Waals surface area contributed by atoms with Crippen LogP contribution in [0.4, 0.5) is 0 Å². The fraction of sp³-hybridized carbons (Fsp3) is 0.889. The molecular weight excluding hydrogens is 650 g/mol. The van der Waals surface area contributed by atoms with Gasteiger partial charge in [0.1, 0.15) is 6.10 Å². The SMILES string of the molecule is CC(C)C1=C2C3CCC4C(C)(CCC5C(C)(C)C(OC(=O)CC(C)(C)C(=O)O)CCC54C)C3CCC2(C(O)CN2CCC3CCCCC3C2)CC1=O. The lowest BCUT2D eigenvalue weighted by Crippen LogP contribution is -2.63. The second-order valence-electron chi connectivity index (χ2n) is 21.3. The van der Waals surface area contributed by atoms with Gasteiger partial charge in [-0.3, -0.25) is 14.4 Å². The Hall–Kier alpha value is -1.73. The number of β-amino-alcohol motifs (C(OH)–C–C–N with tert-alkyl or cyclic N) is 1. The van der Waals surface area contributed by atoms with Gasteiger partial charge in [-0.15, -0.1) is 0 Å². The van der Waals surface area contributed by atoms with Crippen LogP contribution in [0.5, 0.6) is 0 Å². The zero-order valence-electron chi connectivity index (χ0n) is 33.9. The second-order valence-corrected chi connectivity index (χ2v) is 21.3. The number of ether oxygens (including phenoxy) is 1. The largest absolute Gasteiger partial charge is 0.481 e. The van der Waals surface area contributed by atoms with E-state index in [0.717, 1.165) is 81.9 Å². The van der Waals surface area contributed by atoms with Gasteiger partial charge in [-0.2, -0.15) is 0 Å². The smallest absolute Gasteiger partial charge is 0.309 e. The van der Waals surface area contributed by atoms with Crippen LogP contribution in [0.1, 0.15) is 152 Å². The van der Waals surface area contributed by atoms with E-state index in [0.29, 0.717) is 42.4 Å². The van der Waals surface area contributed by atoms with Crippen molar-refractivity contribution in [3.05, 3.63) is 11.1 Å². The van der Waals surface area contributed by atoms with Crippen molar-refractivity contribution in [3.63, 3.8) is 0 Å². The average molecular weight is 722 g/mol.